The predicted molar refractivity (Wildman–Crippen MR) is 37.8 cm³/mol. The van der Waals surface area contributed by atoms with E-state index in [2.05, 4.69) is 0 Å². The Hall–Kier alpha value is -0.545. The first-order chi connectivity index (χ1) is 5.39. The summed E-state index contributed by atoms with van der Waals surface area (Å²) in [5, 5.41) is 0. The molecule has 0 aromatic heterocycles. The molecule has 0 bridgehead atoms. The molecular formula is C6H9BF5-. The zero-order chi connectivity index (χ0) is 9.78. The zero-order valence-corrected chi connectivity index (χ0v) is 6.59. The second-order valence-electron chi connectivity index (χ2n) is 2.43. The first-order valence-electron chi connectivity index (χ1n) is 3.63. The Kier molecular flexibility index (Phi) is 4.27. The van der Waals surface area contributed by atoms with Gasteiger partial charge in [-0.15, -0.1) is 0 Å². The topological polar surface area (TPSA) is 0 Å². The van der Waals surface area contributed by atoms with Gasteiger partial charge in [-0.3, -0.25) is 0 Å². The molecule has 0 heterocycles. The molecule has 6 heteroatoms. The smallest absolute Gasteiger partial charge is 0.443 e. The molecule has 0 aliphatic rings. The Morgan fingerprint density at radius 3 is 2.00 bits per heavy atom. The summed E-state index contributed by atoms with van der Waals surface area (Å²) in [6.07, 6.45) is 0.292. The van der Waals surface area contributed by atoms with Gasteiger partial charge in [0.05, 0.1) is 5.73 Å². The van der Waals surface area contributed by atoms with E-state index < -0.39 is 25.0 Å². The normalized spacial score (nSPS) is 14.5. The van der Waals surface area contributed by atoms with Crippen LogP contribution in [0.3, 0.4) is 0 Å². The largest absolute Gasteiger partial charge is 0.540 e. The highest BCUT2D eigenvalue weighted by Crippen LogP contribution is 2.27. The van der Waals surface area contributed by atoms with Crippen LogP contribution in [0.4, 0.5) is 21.7 Å². The van der Waals surface area contributed by atoms with Gasteiger partial charge in [0.1, 0.15) is 5.83 Å². The van der Waals surface area contributed by atoms with Crippen molar-refractivity contribution in [2.24, 2.45) is 0 Å². The SMILES string of the molecule is CCCC/C(F)=C(\F)[B-](F)(F)F. The molecule has 0 aliphatic heterocycles. The summed E-state index contributed by atoms with van der Waals surface area (Å²) in [7, 11) is 0. The molecule has 0 spiro atoms. The van der Waals surface area contributed by atoms with Gasteiger partial charge in [0.25, 0.3) is 0 Å². The minimum Gasteiger partial charge on any atom is -0.443 e. The van der Waals surface area contributed by atoms with Crippen molar-refractivity contribution in [1.82, 2.24) is 0 Å². The van der Waals surface area contributed by atoms with Crippen LogP contribution in [0.5, 0.6) is 0 Å². The van der Waals surface area contributed by atoms with E-state index in [0.717, 1.165) is 0 Å². The molecule has 0 aromatic carbocycles. The molecule has 0 radical (unpaired) electrons. The van der Waals surface area contributed by atoms with Gasteiger partial charge in [-0.05, 0) is 12.8 Å². The standard InChI is InChI=1S/C6H9BF5/c1-2-3-4-5(8)6(9)7(10,11)12/h2-4H2,1H3/q-1/b6-5+. The fraction of sp³-hybridized carbons (Fsp3) is 0.667. The van der Waals surface area contributed by atoms with Crippen LogP contribution in [0.1, 0.15) is 26.2 Å². The van der Waals surface area contributed by atoms with E-state index in [9.17, 15) is 21.7 Å². The third-order valence-electron chi connectivity index (χ3n) is 1.30. The third-order valence-corrected chi connectivity index (χ3v) is 1.30. The van der Waals surface area contributed by atoms with Crippen LogP contribution in [-0.4, -0.2) is 6.98 Å². The van der Waals surface area contributed by atoms with Gasteiger partial charge in [0, 0.05) is 0 Å². The van der Waals surface area contributed by atoms with E-state index >= 15 is 0 Å². The number of halogens is 5. The lowest BCUT2D eigenvalue weighted by Gasteiger charge is -2.12. The van der Waals surface area contributed by atoms with Gasteiger partial charge in [-0.2, -0.15) is 0 Å². The predicted octanol–water partition coefficient (Wildman–Crippen LogP) is 3.71. The van der Waals surface area contributed by atoms with Crippen molar-refractivity contribution >= 4 is 6.98 Å². The number of rotatable bonds is 4. The van der Waals surface area contributed by atoms with Gasteiger partial charge in [-0.1, -0.05) is 13.3 Å². The summed E-state index contributed by atoms with van der Waals surface area (Å²) in [5.41, 5.74) is -2.54. The molecule has 0 saturated carbocycles. The van der Waals surface area contributed by atoms with Crippen LogP contribution in [0.25, 0.3) is 0 Å². The summed E-state index contributed by atoms with van der Waals surface area (Å²) >= 11 is 0. The van der Waals surface area contributed by atoms with Crippen molar-refractivity contribution in [3.05, 3.63) is 11.6 Å². The number of hydrogen-bond acceptors (Lipinski definition) is 0. The third kappa shape index (κ3) is 3.73. The maximum Gasteiger partial charge on any atom is 0.540 e. The van der Waals surface area contributed by atoms with Gasteiger partial charge >= 0.3 is 6.98 Å². The molecule has 0 atom stereocenters. The quantitative estimate of drug-likeness (QED) is 0.464. The Morgan fingerprint density at radius 2 is 1.67 bits per heavy atom. The number of allylic oxidation sites excluding steroid dienone is 1. The van der Waals surface area contributed by atoms with E-state index in [-0.39, 0.29) is 6.42 Å². The molecule has 0 N–H and O–H groups in total. The Morgan fingerprint density at radius 1 is 1.17 bits per heavy atom. The van der Waals surface area contributed by atoms with E-state index in [1.54, 1.807) is 6.92 Å². The first kappa shape index (κ1) is 11.5. The van der Waals surface area contributed by atoms with Crippen molar-refractivity contribution in [1.29, 1.82) is 0 Å². The van der Waals surface area contributed by atoms with Gasteiger partial charge in [-0.25, -0.2) is 8.78 Å². The Bertz CT molecular complexity index is 171. The van der Waals surface area contributed by atoms with E-state index in [1.165, 1.54) is 0 Å². The van der Waals surface area contributed by atoms with Gasteiger partial charge < -0.3 is 12.9 Å². The minimum atomic E-state index is -5.79. The van der Waals surface area contributed by atoms with Crippen molar-refractivity contribution in [3.8, 4) is 0 Å². The van der Waals surface area contributed by atoms with Gasteiger partial charge in [0.2, 0.25) is 0 Å². The van der Waals surface area contributed by atoms with Crippen LogP contribution in [0.2, 0.25) is 0 Å². The first-order valence-corrected chi connectivity index (χ1v) is 3.63. The van der Waals surface area contributed by atoms with E-state index in [0.29, 0.717) is 6.42 Å². The molecule has 0 rings (SSSR count). The molecule has 0 nitrogen and oxygen atoms in total. The molecule has 12 heavy (non-hydrogen) atoms. The molecule has 0 aliphatic carbocycles. The summed E-state index contributed by atoms with van der Waals surface area (Å²) in [5.74, 6) is -1.68. The maximum atomic E-state index is 12.3. The Balaban J connectivity index is 4.26. The van der Waals surface area contributed by atoms with Crippen molar-refractivity contribution < 1.29 is 21.7 Å². The monoisotopic (exact) mass is 187 g/mol. The minimum absolute atomic E-state index is 0.228. The van der Waals surface area contributed by atoms with Crippen LogP contribution in [0, 0.1) is 0 Å². The molecule has 72 valence electrons. The highest BCUT2D eigenvalue weighted by atomic mass is 19.4. The van der Waals surface area contributed by atoms with Crippen LogP contribution < -0.4 is 0 Å². The van der Waals surface area contributed by atoms with Crippen LogP contribution in [-0.2, 0) is 0 Å². The Labute approximate surface area is 67.5 Å². The fourth-order valence-corrected chi connectivity index (χ4v) is 0.629. The van der Waals surface area contributed by atoms with Crippen LogP contribution >= 0.6 is 0 Å². The lowest BCUT2D eigenvalue weighted by Crippen LogP contribution is -2.17. The lowest BCUT2D eigenvalue weighted by atomic mass is 9.88. The average Bonchev–Trinajstić information content (AvgIpc) is 1.97. The van der Waals surface area contributed by atoms with E-state index in [4.69, 9.17) is 0 Å². The molecule has 0 unspecified atom stereocenters. The highest BCUT2D eigenvalue weighted by molar-refractivity contribution is 6.66. The van der Waals surface area contributed by atoms with Crippen molar-refractivity contribution in [3.63, 3.8) is 0 Å². The molecule has 0 amide bonds. The fourth-order valence-electron chi connectivity index (χ4n) is 0.629. The molecule has 0 fully saturated rings. The van der Waals surface area contributed by atoms with Crippen molar-refractivity contribution in [2.45, 2.75) is 26.2 Å². The van der Waals surface area contributed by atoms with E-state index in [1.807, 2.05) is 0 Å². The summed E-state index contributed by atoms with van der Waals surface area (Å²) in [4.78, 5) is 0. The summed E-state index contributed by atoms with van der Waals surface area (Å²) in [6, 6.07) is 0. The molecule has 0 saturated heterocycles. The van der Waals surface area contributed by atoms with Gasteiger partial charge in [0.15, 0.2) is 0 Å². The number of unbranched alkanes of at least 4 members (excludes halogenated alkanes) is 1. The van der Waals surface area contributed by atoms with Crippen molar-refractivity contribution in [2.75, 3.05) is 0 Å². The summed E-state index contributed by atoms with van der Waals surface area (Å²) < 4.78 is 58.9. The lowest BCUT2D eigenvalue weighted by molar-refractivity contribution is 0.427. The zero-order valence-electron chi connectivity index (χ0n) is 6.59. The average molecular weight is 187 g/mol. The maximum absolute atomic E-state index is 12.3. The number of hydrogen-bond donors (Lipinski definition) is 0. The van der Waals surface area contributed by atoms with Crippen LogP contribution in [0.15, 0.2) is 11.6 Å². The second-order valence-corrected chi connectivity index (χ2v) is 2.43. The summed E-state index contributed by atoms with van der Waals surface area (Å²) in [6.45, 7) is -4.11. The molecular weight excluding hydrogens is 178 g/mol. The highest BCUT2D eigenvalue weighted by Gasteiger charge is 2.32. The molecule has 0 aromatic rings. The second kappa shape index (κ2) is 4.47.